The van der Waals surface area contributed by atoms with E-state index in [4.69, 9.17) is 17.0 Å². The van der Waals surface area contributed by atoms with Gasteiger partial charge in [0.2, 0.25) is 11.8 Å². The number of aliphatic hydroxyl groups excluding tert-OH is 2. The van der Waals surface area contributed by atoms with Gasteiger partial charge in [0.05, 0.1) is 24.7 Å². The SMILES string of the molecule is CC(=O)NCCOC(=S)[C@]1([C@@H](O)C(C)C)NC(=O)[C@H](C)[C@@H]1O. The topological polar surface area (TPSA) is 108 Å². The molecule has 0 saturated carbocycles. The molecule has 1 saturated heterocycles. The molecule has 1 rings (SSSR count). The summed E-state index contributed by atoms with van der Waals surface area (Å²) in [6.45, 7) is 6.78. The molecule has 2 amide bonds. The summed E-state index contributed by atoms with van der Waals surface area (Å²) in [6, 6.07) is 0. The first-order valence-electron chi connectivity index (χ1n) is 7.24. The molecule has 22 heavy (non-hydrogen) atoms. The van der Waals surface area contributed by atoms with Gasteiger partial charge >= 0.3 is 0 Å². The van der Waals surface area contributed by atoms with Crippen molar-refractivity contribution in [2.45, 2.75) is 45.4 Å². The number of carbonyl (C=O) groups excluding carboxylic acids is 2. The standard InChI is InChI=1S/C14H24N2O5S/c1-7(2)10(18)14(11(19)8(3)12(20)16-14)13(22)21-6-5-15-9(4)17/h7-8,10-11,18-19H,5-6H2,1-4H3,(H,15,17)(H,16,20)/t8-,10+,11+,14-/m1/s1. The number of ether oxygens (including phenoxy) is 1. The van der Waals surface area contributed by atoms with Crippen LogP contribution in [0, 0.1) is 11.8 Å². The average Bonchev–Trinajstić information content (AvgIpc) is 2.67. The van der Waals surface area contributed by atoms with E-state index >= 15 is 0 Å². The van der Waals surface area contributed by atoms with E-state index in [1.807, 2.05) is 0 Å². The van der Waals surface area contributed by atoms with E-state index in [-0.39, 0.29) is 35.9 Å². The molecule has 4 N–H and O–H groups in total. The van der Waals surface area contributed by atoms with E-state index in [1.54, 1.807) is 20.8 Å². The molecule has 1 heterocycles. The second kappa shape index (κ2) is 7.34. The minimum absolute atomic E-state index is 0.0794. The summed E-state index contributed by atoms with van der Waals surface area (Å²) in [5.41, 5.74) is -1.52. The van der Waals surface area contributed by atoms with Gasteiger partial charge in [0.25, 0.3) is 0 Å². The zero-order chi connectivity index (χ0) is 17.1. The van der Waals surface area contributed by atoms with Crippen molar-refractivity contribution in [1.29, 1.82) is 0 Å². The van der Waals surface area contributed by atoms with Crippen LogP contribution in [0.25, 0.3) is 0 Å². The minimum Gasteiger partial charge on any atom is -0.483 e. The van der Waals surface area contributed by atoms with Crippen molar-refractivity contribution in [1.82, 2.24) is 10.6 Å². The zero-order valence-electron chi connectivity index (χ0n) is 13.3. The molecule has 0 bridgehead atoms. The van der Waals surface area contributed by atoms with E-state index in [1.165, 1.54) is 6.92 Å². The first-order chi connectivity index (χ1) is 10.1. The summed E-state index contributed by atoms with van der Waals surface area (Å²) in [4.78, 5) is 22.7. The highest BCUT2D eigenvalue weighted by Gasteiger charge is 2.59. The first kappa shape index (κ1) is 18.8. The van der Waals surface area contributed by atoms with Gasteiger partial charge in [-0.15, -0.1) is 0 Å². The fourth-order valence-electron chi connectivity index (χ4n) is 2.49. The Morgan fingerprint density at radius 3 is 2.55 bits per heavy atom. The Kier molecular flexibility index (Phi) is 6.27. The van der Waals surface area contributed by atoms with Crippen LogP contribution in [0.5, 0.6) is 0 Å². The molecule has 1 aliphatic heterocycles. The van der Waals surface area contributed by atoms with E-state index in [0.717, 1.165) is 0 Å². The highest BCUT2D eigenvalue weighted by molar-refractivity contribution is 7.80. The van der Waals surface area contributed by atoms with Crippen molar-refractivity contribution >= 4 is 29.1 Å². The molecule has 8 heteroatoms. The lowest BCUT2D eigenvalue weighted by molar-refractivity contribution is -0.123. The Morgan fingerprint density at radius 2 is 2.14 bits per heavy atom. The quantitative estimate of drug-likeness (QED) is 0.380. The highest BCUT2D eigenvalue weighted by atomic mass is 32.1. The molecule has 4 atom stereocenters. The Bertz CT molecular complexity index is 457. The molecule has 0 radical (unpaired) electrons. The lowest BCUT2D eigenvalue weighted by Crippen LogP contribution is -2.65. The van der Waals surface area contributed by atoms with E-state index in [9.17, 15) is 19.8 Å². The first-order valence-corrected chi connectivity index (χ1v) is 7.65. The van der Waals surface area contributed by atoms with Crippen LogP contribution in [0.15, 0.2) is 0 Å². The van der Waals surface area contributed by atoms with E-state index < -0.39 is 23.7 Å². The summed E-state index contributed by atoms with van der Waals surface area (Å²) in [6.07, 6.45) is -2.28. The smallest absolute Gasteiger partial charge is 0.226 e. The summed E-state index contributed by atoms with van der Waals surface area (Å²) in [5.74, 6) is -1.54. The van der Waals surface area contributed by atoms with Crippen molar-refractivity contribution in [3.05, 3.63) is 0 Å². The number of hydrogen-bond donors (Lipinski definition) is 4. The van der Waals surface area contributed by atoms with Crippen molar-refractivity contribution < 1.29 is 24.5 Å². The fraction of sp³-hybridized carbons (Fsp3) is 0.786. The van der Waals surface area contributed by atoms with Gasteiger partial charge in [0, 0.05) is 6.92 Å². The number of hydrogen-bond acceptors (Lipinski definition) is 6. The van der Waals surface area contributed by atoms with Gasteiger partial charge in [-0.2, -0.15) is 0 Å². The minimum atomic E-state index is -1.52. The number of aliphatic hydroxyl groups is 2. The van der Waals surface area contributed by atoms with Gasteiger partial charge in [-0.3, -0.25) is 9.59 Å². The number of amides is 2. The third-order valence-corrected chi connectivity index (χ3v) is 4.28. The lowest BCUT2D eigenvalue weighted by Gasteiger charge is -2.39. The molecule has 0 aromatic rings. The van der Waals surface area contributed by atoms with Crippen LogP contribution in [0.4, 0.5) is 0 Å². The lowest BCUT2D eigenvalue weighted by atomic mass is 9.80. The Labute approximate surface area is 135 Å². The summed E-state index contributed by atoms with van der Waals surface area (Å²) < 4.78 is 5.40. The number of rotatable bonds is 6. The number of carbonyl (C=O) groups is 2. The van der Waals surface area contributed by atoms with Crippen LogP contribution >= 0.6 is 12.2 Å². The second-order valence-electron chi connectivity index (χ2n) is 5.90. The van der Waals surface area contributed by atoms with Crippen molar-refractivity contribution in [3.8, 4) is 0 Å². The van der Waals surface area contributed by atoms with Gasteiger partial charge in [-0.05, 0) is 18.1 Å². The maximum absolute atomic E-state index is 11.9. The van der Waals surface area contributed by atoms with Crippen LogP contribution in [-0.4, -0.2) is 58.0 Å². The third-order valence-electron chi connectivity index (χ3n) is 3.83. The van der Waals surface area contributed by atoms with Crippen LogP contribution < -0.4 is 10.6 Å². The van der Waals surface area contributed by atoms with Crippen molar-refractivity contribution in [2.75, 3.05) is 13.2 Å². The second-order valence-corrected chi connectivity index (χ2v) is 6.27. The zero-order valence-corrected chi connectivity index (χ0v) is 14.1. The Balaban J connectivity index is 2.90. The molecular weight excluding hydrogens is 308 g/mol. The van der Waals surface area contributed by atoms with Crippen molar-refractivity contribution in [2.24, 2.45) is 11.8 Å². The Hall–Kier alpha value is -1.25. The predicted octanol–water partition coefficient (Wildman–Crippen LogP) is -0.651. The molecule has 0 aliphatic carbocycles. The molecular formula is C14H24N2O5S. The highest BCUT2D eigenvalue weighted by Crippen LogP contribution is 2.33. The normalized spacial score (nSPS) is 29.1. The molecule has 0 aromatic heterocycles. The molecule has 0 aromatic carbocycles. The van der Waals surface area contributed by atoms with Crippen LogP contribution in [-0.2, 0) is 14.3 Å². The molecule has 1 fully saturated rings. The van der Waals surface area contributed by atoms with E-state index in [0.29, 0.717) is 0 Å². The predicted molar refractivity (Wildman–Crippen MR) is 84.1 cm³/mol. The number of nitrogens with one attached hydrogen (secondary N) is 2. The van der Waals surface area contributed by atoms with Crippen LogP contribution in [0.2, 0.25) is 0 Å². The van der Waals surface area contributed by atoms with Gasteiger partial charge in [-0.1, -0.05) is 20.8 Å². The molecule has 7 nitrogen and oxygen atoms in total. The summed E-state index contributed by atoms with van der Waals surface area (Å²) >= 11 is 5.21. The van der Waals surface area contributed by atoms with Gasteiger partial charge in [-0.25, -0.2) is 0 Å². The molecule has 126 valence electrons. The van der Waals surface area contributed by atoms with Gasteiger partial charge in [0.1, 0.15) is 6.61 Å². The maximum atomic E-state index is 11.9. The van der Waals surface area contributed by atoms with Crippen LogP contribution in [0.1, 0.15) is 27.7 Å². The third kappa shape index (κ3) is 3.56. The Morgan fingerprint density at radius 1 is 1.55 bits per heavy atom. The summed E-state index contributed by atoms with van der Waals surface area (Å²) in [7, 11) is 0. The van der Waals surface area contributed by atoms with Gasteiger partial charge < -0.3 is 25.6 Å². The monoisotopic (exact) mass is 332 g/mol. The van der Waals surface area contributed by atoms with E-state index in [2.05, 4.69) is 10.6 Å². The summed E-state index contributed by atoms with van der Waals surface area (Å²) in [5, 5.41) is 26.0. The molecule has 0 unspecified atom stereocenters. The fourth-order valence-corrected chi connectivity index (χ4v) is 2.86. The maximum Gasteiger partial charge on any atom is 0.226 e. The largest absolute Gasteiger partial charge is 0.483 e. The van der Waals surface area contributed by atoms with Crippen LogP contribution in [0.3, 0.4) is 0 Å². The molecule has 0 spiro atoms. The van der Waals surface area contributed by atoms with Gasteiger partial charge in [0.15, 0.2) is 10.6 Å². The number of thiocarbonyl (C=S) groups is 1. The average molecular weight is 332 g/mol. The molecule has 1 aliphatic rings. The van der Waals surface area contributed by atoms with Crippen molar-refractivity contribution in [3.63, 3.8) is 0 Å².